The predicted molar refractivity (Wildman–Crippen MR) is 131 cm³/mol. The minimum Gasteiger partial charge on any atom is -0.462 e. The molecule has 37 heavy (non-hydrogen) atoms. The van der Waals surface area contributed by atoms with Gasteiger partial charge in [-0.05, 0) is 69.4 Å². The van der Waals surface area contributed by atoms with Crippen molar-refractivity contribution in [2.75, 3.05) is 0 Å². The first-order chi connectivity index (χ1) is 17.3. The fourth-order valence-electron chi connectivity index (χ4n) is 8.00. The normalized spacial score (nSPS) is 43.5. The molecule has 9 unspecified atom stereocenters. The van der Waals surface area contributed by atoms with Gasteiger partial charge in [0, 0.05) is 19.0 Å². The molecule has 5 rings (SSSR count). The zero-order chi connectivity index (χ0) is 26.8. The lowest BCUT2D eigenvalue weighted by atomic mass is 9.46. The maximum atomic E-state index is 12.7. The maximum Gasteiger partial charge on any atom is 0.357 e. The van der Waals surface area contributed by atoms with Crippen LogP contribution in [0, 0.1) is 17.3 Å². The van der Waals surface area contributed by atoms with Crippen molar-refractivity contribution in [2.45, 2.75) is 101 Å². The van der Waals surface area contributed by atoms with Crippen LogP contribution in [0.25, 0.3) is 0 Å². The van der Waals surface area contributed by atoms with Gasteiger partial charge in [0.25, 0.3) is 0 Å². The van der Waals surface area contributed by atoms with Crippen LogP contribution in [0.1, 0.15) is 76.2 Å². The van der Waals surface area contributed by atoms with E-state index in [1.54, 1.807) is 19.1 Å². The largest absolute Gasteiger partial charge is 0.462 e. The van der Waals surface area contributed by atoms with Crippen LogP contribution in [0.2, 0.25) is 0 Å². The van der Waals surface area contributed by atoms with Crippen molar-refractivity contribution in [3.8, 4) is 0 Å². The van der Waals surface area contributed by atoms with Crippen molar-refractivity contribution in [1.82, 2.24) is 4.98 Å². The van der Waals surface area contributed by atoms with Gasteiger partial charge in [-0.25, -0.2) is 9.78 Å². The molecule has 0 aliphatic heterocycles. The van der Waals surface area contributed by atoms with Gasteiger partial charge < -0.3 is 29.9 Å². The first kappa shape index (κ1) is 26.3. The van der Waals surface area contributed by atoms with Crippen LogP contribution >= 0.6 is 0 Å². The molecule has 9 nitrogen and oxygen atoms in total. The summed E-state index contributed by atoms with van der Waals surface area (Å²) in [5.74, 6) is -2.80. The van der Waals surface area contributed by atoms with Crippen molar-refractivity contribution >= 4 is 11.9 Å². The molecule has 4 N–H and O–H groups in total. The number of rotatable bonds is 4. The van der Waals surface area contributed by atoms with E-state index in [2.05, 4.69) is 4.98 Å². The van der Waals surface area contributed by atoms with Crippen molar-refractivity contribution in [2.24, 2.45) is 17.3 Å². The monoisotopic (exact) mass is 515 g/mol. The van der Waals surface area contributed by atoms with Gasteiger partial charge in [-0.2, -0.15) is 0 Å². The van der Waals surface area contributed by atoms with Crippen LogP contribution < -0.4 is 0 Å². The van der Waals surface area contributed by atoms with Crippen molar-refractivity contribution in [3.05, 3.63) is 41.7 Å². The third-order valence-electron chi connectivity index (χ3n) is 9.92. The minimum atomic E-state index is -1.79. The molecule has 1 heterocycles. The van der Waals surface area contributed by atoms with E-state index < -0.39 is 64.3 Å². The molecule has 4 aliphatic rings. The lowest BCUT2D eigenvalue weighted by Gasteiger charge is -2.64. The highest BCUT2D eigenvalue weighted by Crippen LogP contribution is 2.66. The second-order valence-electron chi connectivity index (χ2n) is 11.8. The summed E-state index contributed by atoms with van der Waals surface area (Å²) in [5, 5.41) is 46.9. The van der Waals surface area contributed by atoms with Crippen LogP contribution in [0.5, 0.6) is 0 Å². The summed E-state index contributed by atoms with van der Waals surface area (Å²) in [5.41, 5.74) is -4.50. The maximum absolute atomic E-state index is 12.7. The van der Waals surface area contributed by atoms with Gasteiger partial charge in [0.15, 0.2) is 0 Å². The Morgan fingerprint density at radius 1 is 1.14 bits per heavy atom. The Morgan fingerprint density at radius 2 is 1.89 bits per heavy atom. The number of hydrogen-bond acceptors (Lipinski definition) is 9. The molecule has 9 heteroatoms. The molecule has 0 spiro atoms. The Morgan fingerprint density at radius 3 is 2.57 bits per heavy atom. The van der Waals surface area contributed by atoms with Gasteiger partial charge in [0.2, 0.25) is 0 Å². The van der Waals surface area contributed by atoms with E-state index in [1.807, 2.05) is 13.0 Å². The quantitative estimate of drug-likeness (QED) is 0.349. The van der Waals surface area contributed by atoms with Gasteiger partial charge in [-0.3, -0.25) is 4.79 Å². The number of ether oxygens (including phenoxy) is 2. The fourth-order valence-corrected chi connectivity index (χ4v) is 8.00. The molecule has 4 aliphatic carbocycles. The highest BCUT2D eigenvalue weighted by atomic mass is 16.6. The van der Waals surface area contributed by atoms with E-state index in [0.717, 1.165) is 5.57 Å². The number of carbonyl (C=O) groups excluding carboxylic acids is 2. The molecular weight excluding hydrogens is 478 g/mol. The third-order valence-corrected chi connectivity index (χ3v) is 9.92. The van der Waals surface area contributed by atoms with Crippen LogP contribution in [-0.4, -0.2) is 72.5 Å². The summed E-state index contributed by atoms with van der Waals surface area (Å²) in [7, 11) is 0. The van der Waals surface area contributed by atoms with E-state index in [0.29, 0.717) is 19.3 Å². The molecule has 0 bridgehead atoms. The second-order valence-corrected chi connectivity index (χ2v) is 11.8. The number of esters is 2. The molecule has 0 amide bonds. The number of fused-ring (bicyclic) bond motifs is 5. The number of aromatic nitrogens is 1. The van der Waals surface area contributed by atoms with Crippen LogP contribution in [0.3, 0.4) is 0 Å². The zero-order valence-corrected chi connectivity index (χ0v) is 21.6. The molecule has 0 radical (unpaired) electrons. The van der Waals surface area contributed by atoms with Crippen molar-refractivity contribution < 1.29 is 39.5 Å². The highest BCUT2D eigenvalue weighted by molar-refractivity contribution is 5.87. The number of carbonyl (C=O) groups is 2. The summed E-state index contributed by atoms with van der Waals surface area (Å²) in [4.78, 5) is 29.0. The molecule has 1 aromatic rings. The van der Waals surface area contributed by atoms with E-state index in [4.69, 9.17) is 9.47 Å². The van der Waals surface area contributed by atoms with E-state index in [-0.39, 0.29) is 31.4 Å². The molecule has 202 valence electrons. The molecule has 0 aromatic carbocycles. The fraction of sp³-hybridized carbons (Fsp3) is 0.679. The van der Waals surface area contributed by atoms with Gasteiger partial charge in [-0.15, -0.1) is 0 Å². The van der Waals surface area contributed by atoms with Gasteiger partial charge in [-0.1, -0.05) is 24.6 Å². The van der Waals surface area contributed by atoms with Crippen LogP contribution in [0.4, 0.5) is 0 Å². The zero-order valence-electron chi connectivity index (χ0n) is 21.6. The summed E-state index contributed by atoms with van der Waals surface area (Å²) in [6, 6.07) is 4.83. The number of pyridine rings is 1. The Balaban J connectivity index is 1.53. The van der Waals surface area contributed by atoms with E-state index in [9.17, 15) is 30.0 Å². The van der Waals surface area contributed by atoms with E-state index in [1.165, 1.54) is 19.2 Å². The van der Waals surface area contributed by atoms with Gasteiger partial charge in [0.05, 0.1) is 12.0 Å². The Kier molecular flexibility index (Phi) is 6.30. The van der Waals surface area contributed by atoms with E-state index >= 15 is 0 Å². The summed E-state index contributed by atoms with van der Waals surface area (Å²) in [6.07, 6.45) is 3.17. The number of aliphatic hydroxyl groups is 4. The molecule has 9 atom stereocenters. The van der Waals surface area contributed by atoms with Crippen LogP contribution in [-0.2, 0) is 14.3 Å². The first-order valence-corrected chi connectivity index (χ1v) is 13.2. The summed E-state index contributed by atoms with van der Waals surface area (Å²) in [6.45, 7) is 4.88. The molecule has 3 saturated carbocycles. The minimum absolute atomic E-state index is 0.0453. The smallest absolute Gasteiger partial charge is 0.357 e. The predicted octanol–water partition coefficient (Wildman–Crippen LogP) is 2.06. The van der Waals surface area contributed by atoms with Crippen molar-refractivity contribution in [3.63, 3.8) is 0 Å². The van der Waals surface area contributed by atoms with Crippen molar-refractivity contribution in [1.29, 1.82) is 0 Å². The summed E-state index contributed by atoms with van der Waals surface area (Å²) < 4.78 is 11.4. The SMILES string of the molecule is CC(=O)OC1CC2C3(C)CCC(O)CC3=CCC2(O)C2(O)CCC(O)(C(C)OC(=O)c3ccccn3)C12. The van der Waals surface area contributed by atoms with Crippen LogP contribution in [0.15, 0.2) is 36.0 Å². The average Bonchev–Trinajstić information content (AvgIpc) is 3.15. The molecule has 0 saturated heterocycles. The topological polar surface area (TPSA) is 146 Å². The Hall–Kier alpha value is -2.33. The molecular formula is C28H37NO8. The number of nitrogens with zero attached hydrogens (tertiary/aromatic N) is 1. The number of hydrogen-bond donors (Lipinski definition) is 4. The second kappa shape index (κ2) is 8.86. The van der Waals surface area contributed by atoms with Gasteiger partial charge >= 0.3 is 11.9 Å². The standard InChI is InChI=1S/C28H37NO8/c1-16(36-24(32)20-6-4-5-13-29-20)26(33)11-12-28(35)23(26)21(37-17(2)30)15-22-25(3)9-8-19(31)14-18(25)7-10-27(22,28)34/h4-7,13,16,19,21-23,31,33-35H,8-12,14-15H2,1-3H3. The Bertz CT molecular complexity index is 1110. The first-order valence-electron chi connectivity index (χ1n) is 13.2. The number of aliphatic hydroxyl groups excluding tert-OH is 1. The van der Waals surface area contributed by atoms with Gasteiger partial charge in [0.1, 0.15) is 34.7 Å². The average molecular weight is 516 g/mol. The molecule has 1 aromatic heterocycles. The lowest BCUT2D eigenvalue weighted by Crippen LogP contribution is -2.74. The molecule has 3 fully saturated rings. The summed E-state index contributed by atoms with van der Waals surface area (Å²) >= 11 is 0. The third kappa shape index (κ3) is 3.85. The Labute approximate surface area is 216 Å². The highest BCUT2D eigenvalue weighted by Gasteiger charge is 2.75. The lowest BCUT2D eigenvalue weighted by molar-refractivity contribution is -0.288.